The second-order valence-electron chi connectivity index (χ2n) is 12.2. The van der Waals surface area contributed by atoms with E-state index in [4.69, 9.17) is 9.15 Å². The summed E-state index contributed by atoms with van der Waals surface area (Å²) in [5, 5.41) is 1.16. The molecule has 0 amide bonds. The maximum atomic E-state index is 7.10. The predicted octanol–water partition coefficient (Wildman–Crippen LogP) is 8.11. The molecule has 4 heteroatoms. The molecule has 2 aliphatic rings. The standard InChI is InChI=1S/C37H30BNO2/c1-23-21-30-34-32(22-23)40-31-20-11-9-18-28(31)38(34)33-26-16-12-17-27(37(2,3)4)35(26)41-36(33)39(30)29-19-10-8-15-25(29)24-13-6-5-7-14-24/h5-22H,1-4H3. The lowest BCUT2D eigenvalue weighted by atomic mass is 9.34. The molecule has 8 rings (SSSR count). The van der Waals surface area contributed by atoms with Crippen LogP contribution in [0.3, 0.4) is 0 Å². The van der Waals surface area contributed by atoms with Gasteiger partial charge in [-0.15, -0.1) is 0 Å². The third kappa shape index (κ3) is 3.53. The summed E-state index contributed by atoms with van der Waals surface area (Å²) in [6, 6.07) is 38.8. The molecule has 0 atom stereocenters. The van der Waals surface area contributed by atoms with Gasteiger partial charge in [0.25, 0.3) is 6.71 Å². The number of hydrogen-bond acceptors (Lipinski definition) is 3. The average Bonchev–Trinajstić information content (AvgIpc) is 3.36. The molecule has 0 N–H and O–H groups in total. The Labute approximate surface area is 241 Å². The summed E-state index contributed by atoms with van der Waals surface area (Å²) < 4.78 is 13.7. The van der Waals surface area contributed by atoms with Crippen LogP contribution in [0, 0.1) is 6.92 Å². The van der Waals surface area contributed by atoms with Crippen LogP contribution in [-0.2, 0) is 5.41 Å². The zero-order chi connectivity index (χ0) is 27.9. The normalized spacial score (nSPS) is 13.5. The Bertz CT molecular complexity index is 1980. The number of hydrogen-bond donors (Lipinski definition) is 0. The summed E-state index contributed by atoms with van der Waals surface area (Å²) >= 11 is 0. The van der Waals surface area contributed by atoms with Gasteiger partial charge in [-0.1, -0.05) is 106 Å². The Morgan fingerprint density at radius 2 is 1.44 bits per heavy atom. The number of rotatable bonds is 2. The molecule has 0 saturated carbocycles. The summed E-state index contributed by atoms with van der Waals surface area (Å²) in [4.78, 5) is 2.34. The highest BCUT2D eigenvalue weighted by Gasteiger charge is 2.45. The molecule has 6 aromatic rings. The van der Waals surface area contributed by atoms with Gasteiger partial charge in [-0.05, 0) is 58.7 Å². The predicted molar refractivity (Wildman–Crippen MR) is 171 cm³/mol. The number of benzene rings is 5. The van der Waals surface area contributed by atoms with Crippen molar-refractivity contribution < 1.29 is 9.15 Å². The van der Waals surface area contributed by atoms with E-state index in [2.05, 4.69) is 142 Å². The third-order valence-electron chi connectivity index (χ3n) is 8.51. The van der Waals surface area contributed by atoms with Crippen molar-refractivity contribution in [2.24, 2.45) is 0 Å². The monoisotopic (exact) mass is 531 g/mol. The number of furan rings is 1. The topological polar surface area (TPSA) is 25.6 Å². The van der Waals surface area contributed by atoms with Gasteiger partial charge in [-0.25, -0.2) is 0 Å². The first-order valence-corrected chi connectivity index (χ1v) is 14.3. The van der Waals surface area contributed by atoms with Crippen LogP contribution in [-0.4, -0.2) is 6.71 Å². The molecule has 5 aromatic carbocycles. The SMILES string of the molecule is Cc1cc2c3c(c1)N(c1ccccc1-c1ccccc1)c1oc4c(C(C)(C)C)cccc4c1B3c1ccccc1O2. The van der Waals surface area contributed by atoms with Crippen molar-refractivity contribution in [1.29, 1.82) is 0 Å². The Balaban J connectivity index is 1.52. The van der Waals surface area contributed by atoms with Crippen LogP contribution in [0.4, 0.5) is 17.3 Å². The van der Waals surface area contributed by atoms with Gasteiger partial charge in [0.15, 0.2) is 0 Å². The minimum atomic E-state index is -0.0745. The average molecular weight is 531 g/mol. The Hall–Kier alpha value is -4.70. The Morgan fingerprint density at radius 3 is 2.27 bits per heavy atom. The highest BCUT2D eigenvalue weighted by molar-refractivity contribution is 7.00. The fourth-order valence-corrected chi connectivity index (χ4v) is 6.73. The number of fused-ring (bicyclic) bond motifs is 6. The van der Waals surface area contributed by atoms with E-state index in [1.165, 1.54) is 27.5 Å². The molecule has 0 aliphatic carbocycles. The molecule has 3 heterocycles. The van der Waals surface area contributed by atoms with E-state index in [1.54, 1.807) is 0 Å². The van der Waals surface area contributed by atoms with Gasteiger partial charge in [0.2, 0.25) is 5.88 Å². The molecule has 3 nitrogen and oxygen atoms in total. The molecular weight excluding hydrogens is 501 g/mol. The molecule has 0 bridgehead atoms. The number of aryl methyl sites for hydroxylation is 1. The van der Waals surface area contributed by atoms with Crippen LogP contribution >= 0.6 is 0 Å². The summed E-state index contributed by atoms with van der Waals surface area (Å²) in [6.45, 7) is 8.91. The molecule has 0 unspecified atom stereocenters. The smallest absolute Gasteiger partial charge is 0.261 e. The molecular formula is C37H30BNO2. The van der Waals surface area contributed by atoms with Crippen molar-refractivity contribution >= 4 is 51.3 Å². The number of anilines is 3. The van der Waals surface area contributed by atoms with Crippen LogP contribution < -0.4 is 26.0 Å². The van der Waals surface area contributed by atoms with Crippen LogP contribution in [0.25, 0.3) is 22.1 Å². The van der Waals surface area contributed by atoms with Gasteiger partial charge >= 0.3 is 0 Å². The maximum absolute atomic E-state index is 7.10. The molecule has 0 fully saturated rings. The molecule has 41 heavy (non-hydrogen) atoms. The molecule has 1 aromatic heterocycles. The van der Waals surface area contributed by atoms with E-state index < -0.39 is 0 Å². The number of para-hydroxylation sites is 3. The first-order chi connectivity index (χ1) is 19.9. The largest absolute Gasteiger partial charge is 0.458 e. The van der Waals surface area contributed by atoms with Crippen LogP contribution in [0.1, 0.15) is 31.9 Å². The second-order valence-corrected chi connectivity index (χ2v) is 12.2. The quantitative estimate of drug-likeness (QED) is 0.211. The molecule has 2 aliphatic heterocycles. The minimum Gasteiger partial charge on any atom is -0.458 e. The van der Waals surface area contributed by atoms with E-state index >= 15 is 0 Å². The number of nitrogens with zero attached hydrogens (tertiary/aromatic N) is 1. The zero-order valence-electron chi connectivity index (χ0n) is 23.7. The lowest BCUT2D eigenvalue weighted by Gasteiger charge is -2.38. The number of ether oxygens (including phenoxy) is 1. The summed E-state index contributed by atoms with van der Waals surface area (Å²) in [7, 11) is 0. The summed E-state index contributed by atoms with van der Waals surface area (Å²) in [5.41, 5.74) is 11.3. The van der Waals surface area contributed by atoms with E-state index in [0.29, 0.717) is 0 Å². The molecule has 0 saturated heterocycles. The highest BCUT2D eigenvalue weighted by Crippen LogP contribution is 2.47. The van der Waals surface area contributed by atoms with Crippen molar-refractivity contribution in [3.8, 4) is 22.6 Å². The fraction of sp³-hybridized carbons (Fsp3) is 0.135. The van der Waals surface area contributed by atoms with E-state index in [-0.39, 0.29) is 12.1 Å². The van der Waals surface area contributed by atoms with Gasteiger partial charge in [0.05, 0.1) is 5.69 Å². The van der Waals surface area contributed by atoms with Crippen molar-refractivity contribution in [3.05, 3.63) is 120 Å². The van der Waals surface area contributed by atoms with E-state index in [9.17, 15) is 0 Å². The lowest BCUT2D eigenvalue weighted by Crippen LogP contribution is -2.59. The first-order valence-electron chi connectivity index (χ1n) is 14.3. The Morgan fingerprint density at radius 1 is 0.683 bits per heavy atom. The van der Waals surface area contributed by atoms with E-state index in [0.717, 1.165) is 50.9 Å². The second kappa shape index (κ2) is 8.65. The summed E-state index contributed by atoms with van der Waals surface area (Å²) in [5.74, 6) is 2.70. The maximum Gasteiger partial charge on any atom is 0.261 e. The third-order valence-corrected chi connectivity index (χ3v) is 8.51. The van der Waals surface area contributed by atoms with Gasteiger partial charge in [0.1, 0.15) is 17.1 Å². The van der Waals surface area contributed by atoms with Crippen molar-refractivity contribution in [1.82, 2.24) is 0 Å². The molecule has 0 radical (unpaired) electrons. The zero-order valence-corrected chi connectivity index (χ0v) is 23.7. The van der Waals surface area contributed by atoms with Gasteiger partial charge in [0, 0.05) is 27.7 Å². The molecule has 198 valence electrons. The van der Waals surface area contributed by atoms with E-state index in [1.807, 2.05) is 0 Å². The van der Waals surface area contributed by atoms with Crippen LogP contribution in [0.5, 0.6) is 11.5 Å². The fourth-order valence-electron chi connectivity index (χ4n) is 6.73. The van der Waals surface area contributed by atoms with Crippen LogP contribution in [0.15, 0.2) is 114 Å². The van der Waals surface area contributed by atoms with Crippen molar-refractivity contribution in [2.45, 2.75) is 33.1 Å². The highest BCUT2D eigenvalue weighted by atomic mass is 16.5. The van der Waals surface area contributed by atoms with Crippen molar-refractivity contribution in [3.63, 3.8) is 0 Å². The van der Waals surface area contributed by atoms with Gasteiger partial charge < -0.3 is 9.15 Å². The first kappa shape index (κ1) is 24.1. The van der Waals surface area contributed by atoms with Gasteiger partial charge in [-0.3, -0.25) is 4.90 Å². The minimum absolute atomic E-state index is 0.00263. The van der Waals surface area contributed by atoms with Crippen LogP contribution in [0.2, 0.25) is 0 Å². The van der Waals surface area contributed by atoms with Crippen molar-refractivity contribution in [2.75, 3.05) is 4.90 Å². The molecule has 0 spiro atoms. The lowest BCUT2D eigenvalue weighted by molar-refractivity contribution is 0.487. The van der Waals surface area contributed by atoms with Gasteiger partial charge in [-0.2, -0.15) is 0 Å². The summed E-state index contributed by atoms with van der Waals surface area (Å²) in [6.07, 6.45) is 0. The Kier molecular flexibility index (Phi) is 5.09.